The van der Waals surface area contributed by atoms with E-state index in [1.54, 1.807) is 0 Å². The van der Waals surface area contributed by atoms with E-state index >= 15 is 0 Å². The van der Waals surface area contributed by atoms with E-state index in [0.717, 1.165) is 18.4 Å². The second-order valence-electron chi connectivity index (χ2n) is 6.13. The van der Waals surface area contributed by atoms with Gasteiger partial charge in [-0.1, -0.05) is 36.8 Å². The molecule has 0 unspecified atom stereocenters. The Balaban J connectivity index is 2.02. The third kappa shape index (κ3) is 2.18. The van der Waals surface area contributed by atoms with Crippen LogP contribution in [0.3, 0.4) is 0 Å². The van der Waals surface area contributed by atoms with Crippen LogP contribution < -0.4 is 0 Å². The molecule has 4 atom stereocenters. The van der Waals surface area contributed by atoms with Gasteiger partial charge in [0.1, 0.15) is 5.78 Å². The van der Waals surface area contributed by atoms with Crippen LogP contribution in [-0.2, 0) is 14.3 Å². The lowest BCUT2D eigenvalue weighted by Gasteiger charge is -2.47. The molecule has 112 valence electrons. The maximum absolute atomic E-state index is 12.7. The van der Waals surface area contributed by atoms with Crippen molar-refractivity contribution in [3.8, 4) is 0 Å². The molecule has 0 aliphatic heterocycles. The number of hydrogen-bond acceptors (Lipinski definition) is 4. The largest absolute Gasteiger partial charge is 0.467 e. The zero-order valence-corrected chi connectivity index (χ0v) is 12.1. The van der Waals surface area contributed by atoms with Crippen molar-refractivity contribution in [1.29, 1.82) is 0 Å². The first-order valence-electron chi connectivity index (χ1n) is 7.47. The Morgan fingerprint density at radius 2 is 1.95 bits per heavy atom. The Hall–Kier alpha value is -1.68. The van der Waals surface area contributed by atoms with Crippen LogP contribution in [0.25, 0.3) is 0 Å². The molecule has 21 heavy (non-hydrogen) atoms. The molecule has 2 aliphatic carbocycles. The van der Waals surface area contributed by atoms with E-state index in [1.165, 1.54) is 7.11 Å². The molecular weight excluding hydrogens is 268 g/mol. The third-order valence-corrected chi connectivity index (χ3v) is 5.08. The summed E-state index contributed by atoms with van der Waals surface area (Å²) in [5, 5.41) is 10.9. The molecule has 2 aliphatic rings. The Bertz CT molecular complexity index is 553. The molecule has 0 radical (unpaired) electrons. The number of carbonyl (C=O) groups is 2. The molecule has 0 spiro atoms. The van der Waals surface area contributed by atoms with Crippen LogP contribution in [0.1, 0.15) is 37.2 Å². The summed E-state index contributed by atoms with van der Waals surface area (Å²) in [5.41, 5.74) is -0.665. The summed E-state index contributed by atoms with van der Waals surface area (Å²) in [6.07, 6.45) is 2.54. The fourth-order valence-electron chi connectivity index (χ4n) is 4.03. The number of ether oxygens (including phenoxy) is 1. The van der Waals surface area contributed by atoms with E-state index in [9.17, 15) is 14.7 Å². The van der Waals surface area contributed by atoms with Crippen molar-refractivity contribution in [2.45, 2.75) is 37.2 Å². The number of fused-ring (bicyclic) bond motifs is 2. The number of rotatable bonds is 2. The number of benzene rings is 1. The maximum atomic E-state index is 12.7. The van der Waals surface area contributed by atoms with E-state index < -0.39 is 17.5 Å². The highest BCUT2D eigenvalue weighted by atomic mass is 16.5. The first-order chi connectivity index (χ1) is 10.1. The highest BCUT2D eigenvalue weighted by Crippen LogP contribution is 2.50. The molecule has 4 heteroatoms. The van der Waals surface area contributed by atoms with Crippen molar-refractivity contribution in [2.24, 2.45) is 11.8 Å². The molecule has 0 aromatic heterocycles. The van der Waals surface area contributed by atoms with Crippen LogP contribution in [0, 0.1) is 11.8 Å². The van der Waals surface area contributed by atoms with E-state index in [-0.39, 0.29) is 24.0 Å². The monoisotopic (exact) mass is 288 g/mol. The first-order valence-corrected chi connectivity index (χ1v) is 7.47. The van der Waals surface area contributed by atoms with Crippen LogP contribution >= 0.6 is 0 Å². The molecule has 1 aromatic rings. The number of hydrogen-bond donors (Lipinski definition) is 1. The summed E-state index contributed by atoms with van der Waals surface area (Å²) >= 11 is 0. The van der Waals surface area contributed by atoms with Gasteiger partial charge in [0.15, 0.2) is 5.60 Å². The highest BCUT2D eigenvalue weighted by Gasteiger charge is 2.58. The minimum atomic E-state index is -1.68. The molecular formula is C17H20O4. The predicted octanol–water partition coefficient (Wildman–Crippen LogP) is 2.06. The van der Waals surface area contributed by atoms with Gasteiger partial charge in [-0.05, 0) is 30.7 Å². The minimum Gasteiger partial charge on any atom is -0.467 e. The maximum Gasteiger partial charge on any atom is 0.338 e. The highest BCUT2D eigenvalue weighted by molar-refractivity contribution is 5.94. The van der Waals surface area contributed by atoms with E-state index in [4.69, 9.17) is 4.74 Å². The van der Waals surface area contributed by atoms with Gasteiger partial charge in [-0.3, -0.25) is 4.79 Å². The second-order valence-corrected chi connectivity index (χ2v) is 6.13. The standard InChI is InChI=1S/C17H20O4/c1-21-16(19)17(20)10-13(11-6-3-2-4-7-11)12-8-5-9-14(17)15(12)18/h2-4,6-7,12-14,20H,5,8-10H2,1H3/t12-,13-,14-,17-/m0/s1. The lowest BCUT2D eigenvalue weighted by Crippen LogP contribution is -2.58. The normalized spacial score (nSPS) is 35.3. The predicted molar refractivity (Wildman–Crippen MR) is 76.6 cm³/mol. The SMILES string of the molecule is COC(=O)[C@]1(O)C[C@@H](c2ccccc2)[C@@H]2CCC[C@H]1C2=O. The van der Waals surface area contributed by atoms with Crippen LogP contribution in [-0.4, -0.2) is 29.6 Å². The average Bonchev–Trinajstić information content (AvgIpc) is 2.51. The lowest BCUT2D eigenvalue weighted by atomic mass is 9.58. The Kier molecular flexibility index (Phi) is 3.57. The Labute approximate surface area is 124 Å². The van der Waals surface area contributed by atoms with E-state index in [2.05, 4.69) is 0 Å². The van der Waals surface area contributed by atoms with Crippen LogP contribution in [0.15, 0.2) is 30.3 Å². The summed E-state index contributed by atoms with van der Waals surface area (Å²) in [4.78, 5) is 24.7. The van der Waals surface area contributed by atoms with Gasteiger partial charge >= 0.3 is 5.97 Å². The van der Waals surface area contributed by atoms with E-state index in [1.807, 2.05) is 30.3 Å². The minimum absolute atomic E-state index is 0.0225. The molecule has 0 saturated heterocycles. The summed E-state index contributed by atoms with van der Waals surface area (Å²) in [7, 11) is 1.26. The van der Waals surface area contributed by atoms with Crippen molar-refractivity contribution in [1.82, 2.24) is 0 Å². The molecule has 2 bridgehead atoms. The van der Waals surface area contributed by atoms with Gasteiger partial charge in [0.05, 0.1) is 13.0 Å². The van der Waals surface area contributed by atoms with Crippen molar-refractivity contribution < 1.29 is 19.4 Å². The fraction of sp³-hybridized carbons (Fsp3) is 0.529. The van der Waals surface area contributed by atoms with Gasteiger partial charge in [0.25, 0.3) is 0 Å². The van der Waals surface area contributed by atoms with Crippen LogP contribution in [0.2, 0.25) is 0 Å². The number of esters is 1. The Morgan fingerprint density at radius 3 is 2.62 bits per heavy atom. The van der Waals surface area contributed by atoms with Crippen LogP contribution in [0.5, 0.6) is 0 Å². The van der Waals surface area contributed by atoms with Crippen molar-refractivity contribution >= 4 is 11.8 Å². The van der Waals surface area contributed by atoms with Gasteiger partial charge in [0, 0.05) is 5.92 Å². The van der Waals surface area contributed by atoms with Crippen molar-refractivity contribution in [3.05, 3.63) is 35.9 Å². The Morgan fingerprint density at radius 1 is 1.24 bits per heavy atom. The van der Waals surface area contributed by atoms with Crippen molar-refractivity contribution in [2.75, 3.05) is 7.11 Å². The molecule has 0 amide bonds. The quantitative estimate of drug-likeness (QED) is 0.846. The second kappa shape index (κ2) is 5.26. The molecule has 2 saturated carbocycles. The number of ketones is 1. The van der Waals surface area contributed by atoms with E-state index in [0.29, 0.717) is 6.42 Å². The van der Waals surface area contributed by atoms with Gasteiger partial charge < -0.3 is 9.84 Å². The number of methoxy groups -OCH3 is 1. The molecule has 2 fully saturated rings. The fourth-order valence-corrected chi connectivity index (χ4v) is 4.03. The molecule has 4 nitrogen and oxygen atoms in total. The lowest BCUT2D eigenvalue weighted by molar-refractivity contribution is -0.182. The van der Waals surface area contributed by atoms with Gasteiger partial charge in [-0.25, -0.2) is 4.79 Å². The first kappa shape index (κ1) is 14.3. The van der Waals surface area contributed by atoms with Gasteiger partial charge in [0.2, 0.25) is 0 Å². The number of Topliss-reactive ketones (excluding diaryl/α,β-unsaturated/α-hetero) is 1. The molecule has 1 N–H and O–H groups in total. The summed E-state index contributed by atoms with van der Waals surface area (Å²) in [5.74, 6) is -1.46. The average molecular weight is 288 g/mol. The third-order valence-electron chi connectivity index (χ3n) is 5.08. The summed E-state index contributed by atoms with van der Waals surface area (Å²) in [6.45, 7) is 0. The smallest absolute Gasteiger partial charge is 0.338 e. The molecule has 3 rings (SSSR count). The zero-order valence-electron chi connectivity index (χ0n) is 12.1. The summed E-state index contributed by atoms with van der Waals surface area (Å²) < 4.78 is 4.78. The molecule has 0 heterocycles. The molecule has 1 aromatic carbocycles. The van der Waals surface area contributed by atoms with Gasteiger partial charge in [-0.15, -0.1) is 0 Å². The number of aliphatic hydroxyl groups is 1. The zero-order chi connectivity index (χ0) is 15.0. The van der Waals surface area contributed by atoms with Crippen LogP contribution in [0.4, 0.5) is 0 Å². The van der Waals surface area contributed by atoms with Gasteiger partial charge in [-0.2, -0.15) is 0 Å². The van der Waals surface area contributed by atoms with Crippen molar-refractivity contribution in [3.63, 3.8) is 0 Å². The summed E-state index contributed by atoms with van der Waals surface area (Å²) in [6, 6.07) is 9.69. The topological polar surface area (TPSA) is 63.6 Å². The number of carbonyl (C=O) groups excluding carboxylic acids is 2.